The number of anilines is 1. The van der Waals surface area contributed by atoms with Gasteiger partial charge in [0, 0.05) is 22.9 Å². The lowest BCUT2D eigenvalue weighted by molar-refractivity contribution is 0.510. The van der Waals surface area contributed by atoms with E-state index in [2.05, 4.69) is 4.72 Å². The van der Waals surface area contributed by atoms with Crippen molar-refractivity contribution in [2.45, 2.75) is 17.9 Å². The maximum Gasteiger partial charge on any atom is 0.241 e. The first-order valence-corrected chi connectivity index (χ1v) is 7.48. The van der Waals surface area contributed by atoms with Crippen LogP contribution in [0.2, 0.25) is 0 Å². The summed E-state index contributed by atoms with van der Waals surface area (Å²) in [6.07, 6.45) is 0. The Morgan fingerprint density at radius 3 is 2.62 bits per heavy atom. The summed E-state index contributed by atoms with van der Waals surface area (Å²) in [7, 11) is -3.96. The number of hydrogen-bond donors (Lipinski definition) is 3. The molecule has 2 unspecified atom stereocenters. The first-order chi connectivity index (χ1) is 7.23. The lowest BCUT2D eigenvalue weighted by Crippen LogP contribution is -2.23. The van der Waals surface area contributed by atoms with E-state index in [1.165, 1.54) is 12.3 Å². The lowest BCUT2D eigenvalue weighted by Gasteiger charge is -2.15. The van der Waals surface area contributed by atoms with E-state index in [1.807, 2.05) is 0 Å². The zero-order chi connectivity index (χ0) is 12.5. The van der Waals surface area contributed by atoms with Gasteiger partial charge in [0.2, 0.25) is 10.0 Å². The largest absolute Gasteiger partial charge is 0.760 e. The van der Waals surface area contributed by atoms with Crippen LogP contribution in [0, 0.1) is 0 Å². The number of hydrogen-bond acceptors (Lipinski definition) is 6. The molecule has 0 amide bonds. The highest BCUT2D eigenvalue weighted by Gasteiger charge is 2.23. The summed E-state index contributed by atoms with van der Waals surface area (Å²) in [5, 5.41) is 6.49. The van der Waals surface area contributed by atoms with Crippen molar-refractivity contribution in [3.63, 3.8) is 0 Å². The monoisotopic (exact) mass is 284 g/mol. The fraction of sp³-hybridized carbons (Fsp3) is 0.333. The van der Waals surface area contributed by atoms with E-state index in [-0.39, 0.29) is 15.5 Å². The van der Waals surface area contributed by atoms with Crippen LogP contribution in [0.15, 0.2) is 10.3 Å². The van der Waals surface area contributed by atoms with Crippen molar-refractivity contribution < 1.29 is 17.2 Å². The second-order valence-electron chi connectivity index (χ2n) is 3.00. The molecule has 0 aromatic carbocycles. The van der Waals surface area contributed by atoms with E-state index >= 15 is 0 Å². The number of rotatable bonds is 4. The van der Waals surface area contributed by atoms with Crippen LogP contribution < -0.4 is 15.6 Å². The average Bonchev–Trinajstić information content (AvgIpc) is 2.44. The molecule has 0 bridgehead atoms. The Morgan fingerprint density at radius 2 is 2.19 bits per heavy atom. The molecular weight excluding hydrogens is 274 g/mol. The summed E-state index contributed by atoms with van der Waals surface area (Å²) >= 11 is -1.50. The first kappa shape index (κ1) is 13.5. The van der Waals surface area contributed by atoms with Gasteiger partial charge in [-0.1, -0.05) is 0 Å². The minimum Gasteiger partial charge on any atom is -0.760 e. The minimum absolute atomic E-state index is 0.0443. The van der Waals surface area contributed by atoms with Gasteiger partial charge in [0.25, 0.3) is 0 Å². The van der Waals surface area contributed by atoms with Crippen molar-refractivity contribution in [2.75, 3.05) is 5.73 Å². The predicted molar refractivity (Wildman–Crippen MR) is 60.6 cm³/mol. The molecule has 0 aliphatic heterocycles. The van der Waals surface area contributed by atoms with Gasteiger partial charge in [-0.05, 0) is 12.3 Å². The van der Waals surface area contributed by atoms with E-state index in [9.17, 15) is 17.2 Å². The summed E-state index contributed by atoms with van der Waals surface area (Å²) < 4.78 is 45.5. The molecule has 0 aliphatic rings. The molecule has 92 valence electrons. The maximum absolute atomic E-state index is 11.2. The third-order valence-corrected chi connectivity index (χ3v) is 4.35. The quantitative estimate of drug-likeness (QED) is 0.635. The van der Waals surface area contributed by atoms with Gasteiger partial charge in [0.15, 0.2) is 0 Å². The molecule has 0 saturated carbocycles. The zero-order valence-corrected chi connectivity index (χ0v) is 10.6. The number of nitrogens with one attached hydrogen (secondary N) is 1. The van der Waals surface area contributed by atoms with E-state index in [4.69, 9.17) is 10.9 Å². The van der Waals surface area contributed by atoms with Crippen molar-refractivity contribution in [1.82, 2.24) is 4.72 Å². The molecule has 0 aliphatic carbocycles. The van der Waals surface area contributed by atoms with E-state index in [0.717, 1.165) is 11.3 Å². The Bertz CT molecular complexity index is 509. The Kier molecular flexibility index (Phi) is 4.04. The Balaban J connectivity index is 3.21. The standard InChI is InChI=1S/C6H11N3O4S3/c1-3(9-15(10)11)4-2-14-6(7)5(4)16(8,12)13/h2-3,9H,7H2,1H3,(H,10,11)(H2,8,12,13)/p-1. The molecule has 1 aromatic rings. The molecule has 10 heteroatoms. The highest BCUT2D eigenvalue weighted by molar-refractivity contribution is 7.89. The third-order valence-electron chi connectivity index (χ3n) is 1.82. The van der Waals surface area contributed by atoms with Crippen LogP contribution in [-0.4, -0.2) is 17.2 Å². The van der Waals surface area contributed by atoms with Gasteiger partial charge in [-0.25, -0.2) is 18.3 Å². The van der Waals surface area contributed by atoms with Crippen LogP contribution in [-0.2, 0) is 21.3 Å². The number of primary sulfonamides is 1. The van der Waals surface area contributed by atoms with E-state index < -0.39 is 27.3 Å². The van der Waals surface area contributed by atoms with E-state index in [1.54, 1.807) is 0 Å². The Hall–Kier alpha value is -0.520. The molecule has 1 rings (SSSR count). The number of nitrogens with two attached hydrogens (primary N) is 2. The minimum atomic E-state index is -3.96. The summed E-state index contributed by atoms with van der Waals surface area (Å²) in [6.45, 7) is 1.49. The van der Waals surface area contributed by atoms with Crippen molar-refractivity contribution in [2.24, 2.45) is 5.14 Å². The number of thiophene rings is 1. The van der Waals surface area contributed by atoms with Gasteiger partial charge in [-0.15, -0.1) is 11.3 Å². The molecule has 0 spiro atoms. The highest BCUT2D eigenvalue weighted by atomic mass is 32.2. The van der Waals surface area contributed by atoms with Crippen molar-refractivity contribution >= 4 is 37.6 Å². The fourth-order valence-electron chi connectivity index (χ4n) is 1.19. The second-order valence-corrected chi connectivity index (χ2v) is 6.12. The molecule has 1 aromatic heterocycles. The van der Waals surface area contributed by atoms with Gasteiger partial charge in [-0.2, -0.15) is 0 Å². The summed E-state index contributed by atoms with van der Waals surface area (Å²) in [4.78, 5) is -0.219. The van der Waals surface area contributed by atoms with Gasteiger partial charge in [0.1, 0.15) is 9.90 Å². The van der Waals surface area contributed by atoms with Crippen molar-refractivity contribution in [3.05, 3.63) is 10.9 Å². The number of nitrogen functional groups attached to an aromatic ring is 1. The van der Waals surface area contributed by atoms with Crippen LogP contribution in [0.5, 0.6) is 0 Å². The Labute approximate surface area is 99.3 Å². The summed E-state index contributed by atoms with van der Waals surface area (Å²) in [5.41, 5.74) is 5.72. The molecule has 0 fully saturated rings. The molecule has 2 atom stereocenters. The molecule has 5 N–H and O–H groups in total. The van der Waals surface area contributed by atoms with Crippen LogP contribution in [0.25, 0.3) is 0 Å². The SMILES string of the molecule is CC(NS(=O)[O-])c1csc(N)c1S(N)(=O)=O. The summed E-state index contributed by atoms with van der Waals surface area (Å²) in [5.74, 6) is 0. The molecule has 0 saturated heterocycles. The lowest BCUT2D eigenvalue weighted by atomic mass is 10.2. The van der Waals surface area contributed by atoms with E-state index in [0.29, 0.717) is 0 Å². The van der Waals surface area contributed by atoms with Crippen LogP contribution in [0.4, 0.5) is 5.00 Å². The molecule has 7 nitrogen and oxygen atoms in total. The molecular formula is C6H10N3O4S3-. The van der Waals surface area contributed by atoms with Crippen LogP contribution >= 0.6 is 11.3 Å². The smallest absolute Gasteiger partial charge is 0.241 e. The third kappa shape index (κ3) is 2.99. The molecule has 16 heavy (non-hydrogen) atoms. The fourth-order valence-corrected chi connectivity index (χ4v) is 3.82. The number of sulfonamides is 1. The first-order valence-electron chi connectivity index (χ1n) is 3.98. The van der Waals surface area contributed by atoms with Crippen molar-refractivity contribution in [3.8, 4) is 0 Å². The maximum atomic E-state index is 11.2. The molecule has 1 heterocycles. The van der Waals surface area contributed by atoms with Gasteiger partial charge in [0.05, 0.1) is 0 Å². The van der Waals surface area contributed by atoms with Crippen LogP contribution in [0.1, 0.15) is 18.5 Å². The Morgan fingerprint density at radius 1 is 1.62 bits per heavy atom. The van der Waals surface area contributed by atoms with Crippen molar-refractivity contribution in [1.29, 1.82) is 0 Å². The second kappa shape index (κ2) is 4.77. The zero-order valence-electron chi connectivity index (χ0n) is 8.17. The topological polar surface area (TPSA) is 138 Å². The predicted octanol–water partition coefficient (Wildman–Crippen LogP) is -0.578. The highest BCUT2D eigenvalue weighted by Crippen LogP contribution is 2.32. The van der Waals surface area contributed by atoms with Gasteiger partial charge >= 0.3 is 0 Å². The van der Waals surface area contributed by atoms with Crippen LogP contribution in [0.3, 0.4) is 0 Å². The summed E-state index contributed by atoms with van der Waals surface area (Å²) in [6, 6.07) is -0.708. The normalized spacial score (nSPS) is 15.9. The average molecular weight is 284 g/mol. The molecule has 0 radical (unpaired) electrons. The van der Waals surface area contributed by atoms with Gasteiger partial charge < -0.3 is 10.3 Å². The van der Waals surface area contributed by atoms with Gasteiger partial charge in [-0.3, -0.25) is 4.21 Å².